The van der Waals surface area contributed by atoms with E-state index in [4.69, 9.17) is 14.5 Å². The van der Waals surface area contributed by atoms with Crippen LogP contribution in [-0.2, 0) is 0 Å². The Labute approximate surface area is 158 Å². The molecule has 1 heterocycles. The molecule has 1 aliphatic rings. The Morgan fingerprint density at radius 3 is 2.41 bits per heavy atom. The van der Waals surface area contributed by atoms with E-state index in [1.807, 2.05) is 43.3 Å². The van der Waals surface area contributed by atoms with Crippen molar-refractivity contribution in [3.8, 4) is 22.8 Å². The number of hydrogen-bond donors (Lipinski definition) is 0. The number of ether oxygens (including phenoxy) is 2. The molecule has 0 saturated carbocycles. The van der Waals surface area contributed by atoms with E-state index in [9.17, 15) is 0 Å². The summed E-state index contributed by atoms with van der Waals surface area (Å²) in [5.74, 6) is 1.34. The van der Waals surface area contributed by atoms with E-state index >= 15 is 0 Å². The molecule has 1 aliphatic carbocycles. The summed E-state index contributed by atoms with van der Waals surface area (Å²) >= 11 is 0. The van der Waals surface area contributed by atoms with Crippen molar-refractivity contribution in [2.45, 2.75) is 6.92 Å². The van der Waals surface area contributed by atoms with E-state index in [-0.39, 0.29) is 0 Å². The van der Waals surface area contributed by atoms with Crippen molar-refractivity contribution in [1.82, 2.24) is 4.98 Å². The molecule has 0 radical (unpaired) electrons. The molecular weight excluding hydrogens is 338 g/mol. The van der Waals surface area contributed by atoms with Gasteiger partial charge in [0.2, 0.25) is 0 Å². The second-order valence-electron chi connectivity index (χ2n) is 6.20. The Morgan fingerprint density at radius 1 is 0.852 bits per heavy atom. The van der Waals surface area contributed by atoms with Crippen LogP contribution in [0.5, 0.6) is 11.5 Å². The number of rotatable bonds is 4. The van der Waals surface area contributed by atoms with E-state index < -0.39 is 0 Å². The standard InChI is InChI=1S/C22H19N3O2/c1-14-8-10-18-21(24-14)16-6-4-5-7-17(16)22(18)25-23-13-15-9-11-19(26-2)20(12-15)27-3/h4-13H,1-3H3/b23-13+,25-22-. The van der Waals surface area contributed by atoms with Crippen LogP contribution in [0.15, 0.2) is 64.8 Å². The van der Waals surface area contributed by atoms with Gasteiger partial charge in [0.15, 0.2) is 11.5 Å². The van der Waals surface area contributed by atoms with E-state index in [0.29, 0.717) is 11.5 Å². The van der Waals surface area contributed by atoms with Crippen LogP contribution < -0.4 is 9.47 Å². The number of pyridine rings is 1. The lowest BCUT2D eigenvalue weighted by Crippen LogP contribution is -1.98. The summed E-state index contributed by atoms with van der Waals surface area (Å²) in [6, 6.07) is 17.8. The predicted molar refractivity (Wildman–Crippen MR) is 107 cm³/mol. The largest absolute Gasteiger partial charge is 0.493 e. The van der Waals surface area contributed by atoms with E-state index in [0.717, 1.165) is 39.4 Å². The average Bonchev–Trinajstić information content (AvgIpc) is 3.01. The first-order valence-electron chi connectivity index (χ1n) is 8.62. The second kappa shape index (κ2) is 7.03. The van der Waals surface area contributed by atoms with Crippen LogP contribution in [0.25, 0.3) is 11.3 Å². The molecule has 0 N–H and O–H groups in total. The van der Waals surface area contributed by atoms with Gasteiger partial charge in [-0.25, -0.2) is 0 Å². The highest BCUT2D eigenvalue weighted by molar-refractivity contribution is 6.23. The normalized spacial score (nSPS) is 13.7. The molecular formula is C22H19N3O2. The van der Waals surface area contributed by atoms with Crippen LogP contribution in [-0.4, -0.2) is 31.1 Å². The van der Waals surface area contributed by atoms with Gasteiger partial charge in [0, 0.05) is 22.4 Å². The molecule has 0 aliphatic heterocycles. The van der Waals surface area contributed by atoms with Crippen molar-refractivity contribution in [2.75, 3.05) is 14.2 Å². The molecule has 5 nitrogen and oxygen atoms in total. The molecule has 3 aromatic rings. The van der Waals surface area contributed by atoms with E-state index in [2.05, 4.69) is 28.4 Å². The van der Waals surface area contributed by atoms with Gasteiger partial charge in [0.1, 0.15) is 5.71 Å². The summed E-state index contributed by atoms with van der Waals surface area (Å²) in [6.07, 6.45) is 1.71. The van der Waals surface area contributed by atoms with Crippen molar-refractivity contribution in [3.63, 3.8) is 0 Å². The molecule has 0 amide bonds. The van der Waals surface area contributed by atoms with Gasteiger partial charge < -0.3 is 9.47 Å². The summed E-state index contributed by atoms with van der Waals surface area (Å²) in [5, 5.41) is 8.82. The number of aryl methyl sites for hydroxylation is 1. The number of hydrogen-bond acceptors (Lipinski definition) is 5. The Morgan fingerprint density at radius 2 is 1.63 bits per heavy atom. The minimum atomic E-state index is 0.658. The molecule has 0 bridgehead atoms. The lowest BCUT2D eigenvalue weighted by atomic mass is 10.1. The van der Waals surface area contributed by atoms with Gasteiger partial charge >= 0.3 is 0 Å². The maximum Gasteiger partial charge on any atom is 0.161 e. The maximum absolute atomic E-state index is 5.33. The molecule has 1 aromatic heterocycles. The summed E-state index contributed by atoms with van der Waals surface area (Å²) < 4.78 is 10.6. The SMILES string of the molecule is COc1ccc(/C=N/N=C2/c3ccccc3-c3nc(C)ccc32)cc1OC. The van der Waals surface area contributed by atoms with Crippen LogP contribution >= 0.6 is 0 Å². The van der Waals surface area contributed by atoms with Crippen LogP contribution in [0.4, 0.5) is 0 Å². The van der Waals surface area contributed by atoms with Gasteiger partial charge in [-0.3, -0.25) is 4.98 Å². The average molecular weight is 357 g/mol. The van der Waals surface area contributed by atoms with Crippen LogP contribution in [0.1, 0.15) is 22.4 Å². The Balaban J connectivity index is 1.72. The maximum atomic E-state index is 5.33. The number of fused-ring (bicyclic) bond motifs is 3. The zero-order chi connectivity index (χ0) is 18.8. The summed E-state index contributed by atoms with van der Waals surface area (Å²) in [7, 11) is 3.22. The summed E-state index contributed by atoms with van der Waals surface area (Å²) in [5.41, 5.74) is 6.82. The summed E-state index contributed by atoms with van der Waals surface area (Å²) in [4.78, 5) is 4.69. The zero-order valence-corrected chi connectivity index (χ0v) is 15.4. The first-order chi connectivity index (χ1) is 13.2. The fraction of sp³-hybridized carbons (Fsp3) is 0.136. The topological polar surface area (TPSA) is 56.1 Å². The zero-order valence-electron chi connectivity index (χ0n) is 15.4. The molecule has 0 unspecified atom stereocenters. The third-order valence-electron chi connectivity index (χ3n) is 4.50. The van der Waals surface area contributed by atoms with Gasteiger partial charge in [0.05, 0.1) is 26.1 Å². The quantitative estimate of drug-likeness (QED) is 0.405. The van der Waals surface area contributed by atoms with Gasteiger partial charge in [-0.15, -0.1) is 5.10 Å². The van der Waals surface area contributed by atoms with Crippen molar-refractivity contribution in [2.24, 2.45) is 10.2 Å². The van der Waals surface area contributed by atoms with Crippen LogP contribution in [0.3, 0.4) is 0 Å². The van der Waals surface area contributed by atoms with Crippen molar-refractivity contribution < 1.29 is 9.47 Å². The molecule has 2 aromatic carbocycles. The number of benzene rings is 2. The molecule has 0 spiro atoms. The number of nitrogens with zero attached hydrogens (tertiary/aromatic N) is 3. The highest BCUT2D eigenvalue weighted by Crippen LogP contribution is 2.35. The monoisotopic (exact) mass is 357 g/mol. The lowest BCUT2D eigenvalue weighted by Gasteiger charge is -2.07. The fourth-order valence-electron chi connectivity index (χ4n) is 3.19. The molecule has 5 heteroatoms. The smallest absolute Gasteiger partial charge is 0.161 e. The van der Waals surface area contributed by atoms with Crippen LogP contribution in [0, 0.1) is 6.92 Å². The highest BCUT2D eigenvalue weighted by atomic mass is 16.5. The Hall–Kier alpha value is -3.47. The molecule has 27 heavy (non-hydrogen) atoms. The molecule has 0 saturated heterocycles. The van der Waals surface area contributed by atoms with Crippen molar-refractivity contribution in [1.29, 1.82) is 0 Å². The van der Waals surface area contributed by atoms with Crippen LogP contribution in [0.2, 0.25) is 0 Å². The number of methoxy groups -OCH3 is 2. The van der Waals surface area contributed by atoms with Gasteiger partial charge in [-0.05, 0) is 42.8 Å². The third-order valence-corrected chi connectivity index (χ3v) is 4.50. The van der Waals surface area contributed by atoms with Crippen molar-refractivity contribution >= 4 is 11.9 Å². The summed E-state index contributed by atoms with van der Waals surface area (Å²) in [6.45, 7) is 1.99. The Kier molecular flexibility index (Phi) is 4.42. The first kappa shape index (κ1) is 17.0. The van der Waals surface area contributed by atoms with Crippen molar-refractivity contribution in [3.05, 3.63) is 77.0 Å². The molecule has 0 atom stereocenters. The van der Waals surface area contributed by atoms with Gasteiger partial charge in [-0.2, -0.15) is 5.10 Å². The molecule has 134 valence electrons. The van der Waals surface area contributed by atoms with Gasteiger partial charge in [0.25, 0.3) is 0 Å². The minimum Gasteiger partial charge on any atom is -0.493 e. The second-order valence-corrected chi connectivity index (χ2v) is 6.20. The number of aromatic nitrogens is 1. The predicted octanol–water partition coefficient (Wildman–Crippen LogP) is 4.26. The minimum absolute atomic E-state index is 0.658. The first-order valence-corrected chi connectivity index (χ1v) is 8.62. The van der Waals surface area contributed by atoms with E-state index in [1.54, 1.807) is 20.4 Å². The van der Waals surface area contributed by atoms with Gasteiger partial charge in [-0.1, -0.05) is 24.3 Å². The lowest BCUT2D eigenvalue weighted by molar-refractivity contribution is 0.355. The highest BCUT2D eigenvalue weighted by Gasteiger charge is 2.25. The molecule has 0 fully saturated rings. The molecule has 4 rings (SSSR count). The third kappa shape index (κ3) is 3.08. The van der Waals surface area contributed by atoms with E-state index in [1.165, 1.54) is 0 Å². The fourth-order valence-corrected chi connectivity index (χ4v) is 3.19. The Bertz CT molecular complexity index is 1070.